The van der Waals surface area contributed by atoms with Crippen molar-refractivity contribution in [3.8, 4) is 0 Å². The van der Waals surface area contributed by atoms with E-state index in [0.29, 0.717) is 0 Å². The fourth-order valence-corrected chi connectivity index (χ4v) is 7.22. The molecule has 0 amide bonds. The van der Waals surface area contributed by atoms with Gasteiger partial charge < -0.3 is 0 Å². The van der Waals surface area contributed by atoms with Crippen LogP contribution in [0.4, 0.5) is 0 Å². The Kier molecular flexibility index (Phi) is 16.8. The molecule has 0 heterocycles. The lowest BCUT2D eigenvalue weighted by atomic mass is 10.1. The molecule has 0 N–H and O–H groups in total. The van der Waals surface area contributed by atoms with Gasteiger partial charge in [0.1, 0.15) is 15.9 Å². The molecule has 3 aromatic rings. The molecule has 0 saturated heterocycles. The first-order chi connectivity index (χ1) is 16.9. The summed E-state index contributed by atoms with van der Waals surface area (Å²) in [4.78, 5) is 0. The minimum absolute atomic E-state index is 0.877. The van der Waals surface area contributed by atoms with Crippen molar-refractivity contribution in [3.05, 3.63) is 91.0 Å². The van der Waals surface area contributed by atoms with Gasteiger partial charge in [0.25, 0.3) is 0 Å². The molecule has 3 aromatic carbocycles. The summed E-state index contributed by atoms with van der Waals surface area (Å²) in [5, 5.41) is 5.49. The average Bonchev–Trinajstić information content (AvgIpc) is 2.90. The Balaban J connectivity index is 0.000000249. The molecule has 2 heteroatoms. The lowest BCUT2D eigenvalue weighted by molar-refractivity contribution is 0.548. The van der Waals surface area contributed by atoms with Gasteiger partial charge in [-0.1, -0.05) is 148 Å². The molecule has 0 aliphatic heterocycles. The highest BCUT2D eigenvalue weighted by Gasteiger charge is 2.24. The minimum Gasteiger partial charge on any atom is -0.0928 e. The van der Waals surface area contributed by atoms with Gasteiger partial charge in [0.2, 0.25) is 0 Å². The summed E-state index contributed by atoms with van der Waals surface area (Å²) in [7, 11) is -0.877. The van der Waals surface area contributed by atoms with E-state index in [2.05, 4.69) is 114 Å². The molecule has 0 saturated carbocycles. The van der Waals surface area contributed by atoms with Crippen LogP contribution in [0, 0.1) is 0 Å². The van der Waals surface area contributed by atoms with Crippen LogP contribution in [0.5, 0.6) is 0 Å². The van der Waals surface area contributed by atoms with E-state index in [4.69, 9.17) is 0 Å². The Bertz CT molecular complexity index is 713. The third-order valence-corrected chi connectivity index (χ3v) is 9.47. The van der Waals surface area contributed by atoms with Gasteiger partial charge in [-0.25, -0.2) is 0 Å². The quantitative estimate of drug-likeness (QED) is 0.102. The lowest BCUT2D eigenvalue weighted by Gasteiger charge is -2.10. The van der Waals surface area contributed by atoms with E-state index in [1.807, 2.05) is 0 Å². The summed E-state index contributed by atoms with van der Waals surface area (Å²) in [5.41, 5.74) is 0. The number of halogens is 1. The Hall–Kier alpha value is -1.43. The number of alkyl halides is 1. The second-order valence-corrected chi connectivity index (χ2v) is 12.3. The molecule has 0 atom stereocenters. The van der Waals surface area contributed by atoms with Crippen LogP contribution in [0.1, 0.15) is 84.0 Å². The Morgan fingerprint density at radius 2 is 0.735 bits per heavy atom. The smallest absolute Gasteiger partial charge is 0.0928 e. The molecular formula is C32H45BrP+. The van der Waals surface area contributed by atoms with Crippen molar-refractivity contribution in [1.82, 2.24) is 0 Å². The highest BCUT2D eigenvalue weighted by atomic mass is 79.9. The highest BCUT2D eigenvalue weighted by molar-refractivity contribution is 9.09. The summed E-state index contributed by atoms with van der Waals surface area (Å²) in [6, 6.07) is 32.5. The van der Waals surface area contributed by atoms with E-state index in [9.17, 15) is 0 Å². The van der Waals surface area contributed by atoms with Crippen molar-refractivity contribution >= 4 is 39.8 Å². The Morgan fingerprint density at radius 3 is 1.03 bits per heavy atom. The molecule has 34 heavy (non-hydrogen) atoms. The van der Waals surface area contributed by atoms with Crippen LogP contribution in [0.25, 0.3) is 0 Å². The highest BCUT2D eigenvalue weighted by Crippen LogP contribution is 2.32. The van der Waals surface area contributed by atoms with Gasteiger partial charge in [-0.15, -0.1) is 0 Å². The molecule has 3 rings (SSSR count). The zero-order valence-corrected chi connectivity index (χ0v) is 23.8. The normalized spacial score (nSPS) is 10.7. The van der Waals surface area contributed by atoms with Gasteiger partial charge in [0.05, 0.1) is 7.92 Å². The molecular weight excluding hydrogens is 495 g/mol. The second-order valence-electron chi connectivity index (χ2n) is 9.05. The van der Waals surface area contributed by atoms with Crippen molar-refractivity contribution in [2.24, 2.45) is 0 Å². The number of rotatable bonds is 15. The maximum Gasteiger partial charge on any atom is 0.102 e. The Morgan fingerprint density at radius 1 is 0.441 bits per heavy atom. The summed E-state index contributed by atoms with van der Waals surface area (Å²) in [6.45, 7) is 2.28. The average molecular weight is 541 g/mol. The van der Waals surface area contributed by atoms with Crippen LogP contribution in [0.3, 0.4) is 0 Å². The van der Waals surface area contributed by atoms with E-state index >= 15 is 0 Å². The first-order valence-corrected chi connectivity index (χ1v) is 16.1. The van der Waals surface area contributed by atoms with Crippen LogP contribution in [0.15, 0.2) is 91.0 Å². The lowest BCUT2D eigenvalue weighted by Crippen LogP contribution is -2.20. The number of hydrogen-bond acceptors (Lipinski definition) is 0. The van der Waals surface area contributed by atoms with Crippen LogP contribution < -0.4 is 15.9 Å². The van der Waals surface area contributed by atoms with Gasteiger partial charge in [-0.05, 0) is 42.8 Å². The molecule has 0 aromatic heterocycles. The largest absolute Gasteiger partial charge is 0.102 e. The molecule has 0 fully saturated rings. The maximum absolute atomic E-state index is 3.47. The molecule has 184 valence electrons. The van der Waals surface area contributed by atoms with E-state index in [1.54, 1.807) is 0 Å². The van der Waals surface area contributed by atoms with E-state index in [0.717, 1.165) is 0 Å². The van der Waals surface area contributed by atoms with Crippen LogP contribution in [-0.2, 0) is 0 Å². The van der Waals surface area contributed by atoms with Crippen molar-refractivity contribution in [2.75, 3.05) is 5.33 Å². The zero-order chi connectivity index (χ0) is 24.1. The van der Waals surface area contributed by atoms with Crippen molar-refractivity contribution < 1.29 is 0 Å². The third kappa shape index (κ3) is 12.3. The molecule has 0 aliphatic carbocycles. The topological polar surface area (TPSA) is 0 Å². The van der Waals surface area contributed by atoms with Crippen LogP contribution in [0.2, 0.25) is 0 Å². The molecule has 0 unspecified atom stereocenters. The molecule has 0 spiro atoms. The first kappa shape index (κ1) is 28.8. The Labute approximate surface area is 219 Å². The monoisotopic (exact) mass is 539 g/mol. The van der Waals surface area contributed by atoms with Gasteiger partial charge in [-0.3, -0.25) is 0 Å². The molecule has 0 bridgehead atoms. The van der Waals surface area contributed by atoms with Crippen molar-refractivity contribution in [1.29, 1.82) is 0 Å². The SMILES string of the molecule is CCCCCCCCCCCCCCBr.c1ccc([PH+](c2ccccc2)c2ccccc2)cc1. The summed E-state index contributed by atoms with van der Waals surface area (Å²) in [6.07, 6.45) is 17.3. The maximum atomic E-state index is 3.47. The van der Waals surface area contributed by atoms with E-state index in [1.165, 1.54) is 98.3 Å². The molecule has 0 radical (unpaired) electrons. The van der Waals surface area contributed by atoms with Crippen molar-refractivity contribution in [3.63, 3.8) is 0 Å². The second kappa shape index (κ2) is 19.8. The zero-order valence-electron chi connectivity index (χ0n) is 21.2. The van der Waals surface area contributed by atoms with Gasteiger partial charge >= 0.3 is 0 Å². The predicted octanol–water partition coefficient (Wildman–Crippen LogP) is 9.26. The summed E-state index contributed by atoms with van der Waals surface area (Å²) >= 11 is 3.47. The minimum atomic E-state index is -0.877. The van der Waals surface area contributed by atoms with Crippen molar-refractivity contribution in [2.45, 2.75) is 84.0 Å². The fraction of sp³-hybridized carbons (Fsp3) is 0.438. The molecule has 0 aliphatic rings. The van der Waals surface area contributed by atoms with Gasteiger partial charge in [0.15, 0.2) is 0 Å². The number of unbranched alkanes of at least 4 members (excludes halogenated alkanes) is 11. The van der Waals surface area contributed by atoms with E-state index in [-0.39, 0.29) is 0 Å². The summed E-state index contributed by atoms with van der Waals surface area (Å²) < 4.78 is 0. The predicted molar refractivity (Wildman–Crippen MR) is 161 cm³/mol. The van der Waals surface area contributed by atoms with E-state index < -0.39 is 7.92 Å². The summed E-state index contributed by atoms with van der Waals surface area (Å²) in [5.74, 6) is 0. The molecule has 0 nitrogen and oxygen atoms in total. The van der Waals surface area contributed by atoms with Crippen LogP contribution >= 0.6 is 23.9 Å². The fourth-order valence-electron chi connectivity index (χ4n) is 4.25. The van der Waals surface area contributed by atoms with Gasteiger partial charge in [-0.2, -0.15) is 0 Å². The number of benzene rings is 3. The third-order valence-electron chi connectivity index (χ3n) is 6.17. The van der Waals surface area contributed by atoms with Crippen LogP contribution in [-0.4, -0.2) is 5.33 Å². The van der Waals surface area contributed by atoms with Gasteiger partial charge in [0, 0.05) is 5.33 Å². The first-order valence-electron chi connectivity index (χ1n) is 13.5. The number of hydrogen-bond donors (Lipinski definition) is 0. The standard InChI is InChI=1S/C18H15P.C14H29Br/c1-4-10-16(11-5-1)19(17-12-6-2-7-13-17)18-14-8-3-9-15-18;1-2-3-4-5-6-7-8-9-10-11-12-13-14-15/h1-15H;2-14H2,1H3/p+1.